The van der Waals surface area contributed by atoms with Crippen LogP contribution in [0.3, 0.4) is 0 Å². The number of rotatable bonds is 19. The number of carbonyl (C=O) groups excluding carboxylic acids is 4. The molecule has 264 valence electrons. The van der Waals surface area contributed by atoms with Crippen molar-refractivity contribution in [2.45, 2.75) is 72.3 Å². The number of nitrogens with one attached hydrogen (secondary N) is 2. The molecule has 0 aliphatic heterocycles. The lowest BCUT2D eigenvalue weighted by Crippen LogP contribution is -2.50. The molecule has 0 aliphatic carbocycles. The van der Waals surface area contributed by atoms with E-state index in [0.29, 0.717) is 38.2 Å². The molecule has 3 aromatic carbocycles. The highest BCUT2D eigenvalue weighted by Gasteiger charge is 2.26. The van der Waals surface area contributed by atoms with E-state index in [1.165, 1.54) is 4.90 Å². The van der Waals surface area contributed by atoms with E-state index < -0.39 is 0 Å². The van der Waals surface area contributed by atoms with E-state index in [4.69, 9.17) is 0 Å². The van der Waals surface area contributed by atoms with E-state index in [-0.39, 0.29) is 53.1 Å². The molecule has 0 aromatic heterocycles. The Morgan fingerprint density at radius 2 is 1.24 bits per heavy atom. The monoisotopic (exact) mass is 669 g/mol. The number of carbonyl (C=O) groups is 4. The van der Waals surface area contributed by atoms with Gasteiger partial charge < -0.3 is 15.1 Å². The molecule has 0 heterocycles. The van der Waals surface area contributed by atoms with Gasteiger partial charge in [0.15, 0.2) is 0 Å². The van der Waals surface area contributed by atoms with Gasteiger partial charge in [0.25, 0.3) is 17.7 Å². The van der Waals surface area contributed by atoms with Crippen LogP contribution in [0, 0.1) is 5.92 Å². The molecule has 2 atom stereocenters. The highest BCUT2D eigenvalue weighted by Crippen LogP contribution is 2.18. The van der Waals surface area contributed by atoms with Crippen LogP contribution in [-0.2, 0) is 17.6 Å². The van der Waals surface area contributed by atoms with Crippen LogP contribution in [0.4, 0.5) is 0 Å². The maximum Gasteiger partial charge on any atom is 0.253 e. The molecule has 3 rings (SSSR count). The fourth-order valence-electron chi connectivity index (χ4n) is 5.83. The Labute approximate surface area is 293 Å². The van der Waals surface area contributed by atoms with Crippen molar-refractivity contribution >= 4 is 23.6 Å². The fourth-order valence-corrected chi connectivity index (χ4v) is 5.83. The van der Waals surface area contributed by atoms with E-state index in [1.807, 2.05) is 79.5 Å². The molecule has 0 aliphatic rings. The van der Waals surface area contributed by atoms with Gasteiger partial charge in [-0.15, -0.1) is 0 Å². The van der Waals surface area contributed by atoms with Gasteiger partial charge in [-0.3, -0.25) is 24.6 Å². The first-order valence-corrected chi connectivity index (χ1v) is 17.6. The van der Waals surface area contributed by atoms with Gasteiger partial charge in [0, 0.05) is 63.0 Å². The maximum absolute atomic E-state index is 14.1. The molecule has 3 aromatic rings. The van der Waals surface area contributed by atoms with Crippen LogP contribution in [0.15, 0.2) is 78.9 Å². The Bertz CT molecular complexity index is 1490. The molecule has 2 unspecified atom stereocenters. The summed E-state index contributed by atoms with van der Waals surface area (Å²) in [4.78, 5) is 57.1. The van der Waals surface area contributed by atoms with Crippen molar-refractivity contribution in [3.63, 3.8) is 0 Å². The number of nitrogens with zero attached hydrogens (tertiary/aromatic N) is 3. The number of unbranched alkanes of at least 4 members (excludes halogenated alkanes) is 1. The van der Waals surface area contributed by atoms with E-state index >= 15 is 0 Å². The molecule has 0 spiro atoms. The summed E-state index contributed by atoms with van der Waals surface area (Å²) in [5, 5.41) is 5.21. The van der Waals surface area contributed by atoms with Crippen LogP contribution in [0.1, 0.15) is 95.6 Å². The highest BCUT2D eigenvalue weighted by atomic mass is 16.2. The van der Waals surface area contributed by atoms with Gasteiger partial charge in [0.05, 0.1) is 6.42 Å². The van der Waals surface area contributed by atoms with Gasteiger partial charge in [0.2, 0.25) is 5.91 Å². The van der Waals surface area contributed by atoms with Crippen molar-refractivity contribution in [1.29, 1.82) is 0 Å². The Hall–Kier alpha value is -4.50. The van der Waals surface area contributed by atoms with Gasteiger partial charge in [-0.2, -0.15) is 0 Å². The van der Waals surface area contributed by atoms with Crippen molar-refractivity contribution in [1.82, 2.24) is 25.6 Å². The van der Waals surface area contributed by atoms with Crippen LogP contribution in [-0.4, -0.2) is 84.8 Å². The summed E-state index contributed by atoms with van der Waals surface area (Å²) in [6, 6.07) is 24.1. The second-order valence-electron chi connectivity index (χ2n) is 13.0. The van der Waals surface area contributed by atoms with Crippen molar-refractivity contribution in [2.24, 2.45) is 5.92 Å². The van der Waals surface area contributed by atoms with E-state index in [2.05, 4.69) is 24.6 Å². The molecule has 0 bridgehead atoms. The zero-order valence-electron chi connectivity index (χ0n) is 30.2. The van der Waals surface area contributed by atoms with Crippen LogP contribution >= 0.6 is 0 Å². The van der Waals surface area contributed by atoms with Crippen LogP contribution in [0.5, 0.6) is 0 Å². The van der Waals surface area contributed by atoms with Gasteiger partial charge in [-0.1, -0.05) is 94.8 Å². The molecule has 4 amide bonds. The second-order valence-corrected chi connectivity index (χ2v) is 13.0. The predicted molar refractivity (Wildman–Crippen MR) is 196 cm³/mol. The Balaban J connectivity index is 1.91. The van der Waals surface area contributed by atoms with Crippen LogP contribution in [0.25, 0.3) is 0 Å². The first-order valence-electron chi connectivity index (χ1n) is 17.6. The molecule has 2 N–H and O–H groups in total. The lowest BCUT2D eigenvalue weighted by atomic mass is 9.93. The summed E-state index contributed by atoms with van der Waals surface area (Å²) < 4.78 is 0. The summed E-state index contributed by atoms with van der Waals surface area (Å²) >= 11 is 0. The summed E-state index contributed by atoms with van der Waals surface area (Å²) in [6.07, 6.45) is 4.33. The van der Waals surface area contributed by atoms with Crippen molar-refractivity contribution < 1.29 is 19.2 Å². The molecular weight excluding hydrogens is 614 g/mol. The Kier molecular flexibility index (Phi) is 16.0. The minimum absolute atomic E-state index is 0.0738. The van der Waals surface area contributed by atoms with E-state index in [9.17, 15) is 19.2 Å². The summed E-state index contributed by atoms with van der Waals surface area (Å²) in [6.45, 7) is 10.6. The third kappa shape index (κ3) is 12.5. The van der Waals surface area contributed by atoms with Crippen LogP contribution in [0.2, 0.25) is 0 Å². The van der Waals surface area contributed by atoms with E-state index in [0.717, 1.165) is 36.8 Å². The van der Waals surface area contributed by atoms with Crippen molar-refractivity contribution in [2.75, 3.05) is 40.3 Å². The molecule has 9 nitrogen and oxygen atoms in total. The Morgan fingerprint density at radius 3 is 1.80 bits per heavy atom. The quantitative estimate of drug-likeness (QED) is 0.153. The van der Waals surface area contributed by atoms with Crippen molar-refractivity contribution in [3.8, 4) is 0 Å². The first kappa shape index (κ1) is 38.9. The van der Waals surface area contributed by atoms with Gasteiger partial charge in [0.1, 0.15) is 0 Å². The number of hydrogen-bond donors (Lipinski definition) is 2. The molecule has 49 heavy (non-hydrogen) atoms. The minimum Gasteiger partial charge on any atom is -0.349 e. The third-order valence-electron chi connectivity index (χ3n) is 8.45. The lowest BCUT2D eigenvalue weighted by Gasteiger charge is -2.31. The topological polar surface area (TPSA) is 102 Å². The molecule has 0 radical (unpaired) electrons. The number of amides is 4. The number of hydrogen-bond acceptors (Lipinski definition) is 5. The standard InChI is InChI=1S/C40H55N5O4/c1-7-10-23-45(42-37(46)25-32-19-15-12-16-20-32)29-30(4)36(24-31-17-13-11-14-18-31)41-38(47)33-26-34(39(48)43(5)6)28-35(27-33)40(49)44(21-8-2)22-9-3/h11-20,26-28,30,36H,7-10,21-25,29H2,1-6H3,(H,41,47)(H,42,46). The third-order valence-corrected chi connectivity index (χ3v) is 8.45. The first-order chi connectivity index (χ1) is 23.6. The summed E-state index contributed by atoms with van der Waals surface area (Å²) in [7, 11) is 3.30. The average molecular weight is 670 g/mol. The van der Waals surface area contributed by atoms with Gasteiger partial charge >= 0.3 is 0 Å². The van der Waals surface area contributed by atoms with E-state index in [1.54, 1.807) is 37.2 Å². The zero-order chi connectivity index (χ0) is 35.8. The molecule has 0 fully saturated rings. The molecule has 0 saturated carbocycles. The smallest absolute Gasteiger partial charge is 0.253 e. The second kappa shape index (κ2) is 20.1. The average Bonchev–Trinajstić information content (AvgIpc) is 3.10. The SMILES string of the molecule is CCCCN(CC(C)C(Cc1ccccc1)NC(=O)c1cc(C(=O)N(C)C)cc(C(=O)N(CCC)CCC)c1)NC(=O)Cc1ccccc1. The highest BCUT2D eigenvalue weighted by molar-refractivity contribution is 6.04. The van der Waals surface area contributed by atoms with Gasteiger partial charge in [-0.25, -0.2) is 5.01 Å². The van der Waals surface area contributed by atoms with Crippen molar-refractivity contribution in [3.05, 3.63) is 107 Å². The van der Waals surface area contributed by atoms with Gasteiger partial charge in [-0.05, 0) is 60.9 Å². The fraction of sp³-hybridized carbons (Fsp3) is 0.450. The number of hydrazine groups is 1. The zero-order valence-corrected chi connectivity index (χ0v) is 30.2. The molecular formula is C40H55N5O4. The Morgan fingerprint density at radius 1 is 0.694 bits per heavy atom. The number of benzene rings is 3. The lowest BCUT2D eigenvalue weighted by molar-refractivity contribution is -0.125. The molecule has 9 heteroatoms. The maximum atomic E-state index is 14.1. The molecule has 0 saturated heterocycles. The summed E-state index contributed by atoms with van der Waals surface area (Å²) in [5.74, 6) is -0.999. The predicted octanol–water partition coefficient (Wildman–Crippen LogP) is 6.00. The normalized spacial score (nSPS) is 12.2. The van der Waals surface area contributed by atoms with Crippen LogP contribution < -0.4 is 10.7 Å². The summed E-state index contributed by atoms with van der Waals surface area (Å²) in [5.41, 5.74) is 5.98. The largest absolute Gasteiger partial charge is 0.349 e. The minimum atomic E-state index is -0.360.